The highest BCUT2D eigenvalue weighted by atomic mass is 16.4. The maximum atomic E-state index is 12.5. The Hall–Kier alpha value is -2.35. The Morgan fingerprint density at radius 2 is 2.00 bits per heavy atom. The summed E-state index contributed by atoms with van der Waals surface area (Å²) in [4.78, 5) is 33.7. The first-order valence-corrected chi connectivity index (χ1v) is 9.64. The van der Waals surface area contributed by atoms with E-state index in [-0.39, 0.29) is 24.7 Å². The molecule has 1 aromatic heterocycles. The Morgan fingerprint density at radius 1 is 1.30 bits per heavy atom. The van der Waals surface area contributed by atoms with E-state index in [1.54, 1.807) is 6.20 Å². The minimum atomic E-state index is -0.800. The third-order valence-corrected chi connectivity index (χ3v) is 5.62. The van der Waals surface area contributed by atoms with Crippen molar-refractivity contribution in [3.8, 4) is 0 Å². The molecule has 2 amide bonds. The van der Waals surface area contributed by atoms with Crippen molar-refractivity contribution in [1.82, 2.24) is 20.1 Å². The second-order valence-electron chi connectivity index (χ2n) is 7.36. The number of urea groups is 1. The molecule has 1 aliphatic carbocycles. The number of nitrogens with one attached hydrogen (secondary N) is 1. The fraction of sp³-hybridized carbons (Fsp3) is 0.632. The van der Waals surface area contributed by atoms with Gasteiger partial charge in [0.2, 0.25) is 0 Å². The van der Waals surface area contributed by atoms with Crippen molar-refractivity contribution in [2.24, 2.45) is 0 Å². The monoisotopic (exact) mass is 375 g/mol. The minimum absolute atomic E-state index is 0.0118. The van der Waals surface area contributed by atoms with Gasteiger partial charge in [-0.25, -0.2) is 4.79 Å². The molecule has 27 heavy (non-hydrogen) atoms. The van der Waals surface area contributed by atoms with Gasteiger partial charge in [0.1, 0.15) is 0 Å². The number of likely N-dealkylation sites (N-methyl/N-ethyl adjacent to an activating group) is 1. The molecule has 0 radical (unpaired) electrons. The molecule has 8 heteroatoms. The number of hydrogen-bond acceptors (Lipinski definition) is 5. The summed E-state index contributed by atoms with van der Waals surface area (Å²) in [6.45, 7) is 7.81. The maximum absolute atomic E-state index is 12.5. The molecule has 2 heterocycles. The molecule has 0 atom stereocenters. The number of aryl methyl sites for hydroxylation is 1. The zero-order chi connectivity index (χ0) is 19.4. The molecule has 0 spiro atoms. The number of aliphatic carboxylic acids is 1. The summed E-state index contributed by atoms with van der Waals surface area (Å²) in [6.07, 6.45) is 5.32. The van der Waals surface area contributed by atoms with Crippen LogP contribution in [0.2, 0.25) is 0 Å². The van der Waals surface area contributed by atoms with Crippen LogP contribution in [0.3, 0.4) is 0 Å². The van der Waals surface area contributed by atoms with Crippen LogP contribution in [0.15, 0.2) is 18.5 Å². The Kier molecular flexibility index (Phi) is 6.15. The lowest BCUT2D eigenvalue weighted by Gasteiger charge is -2.43. The molecule has 2 fully saturated rings. The van der Waals surface area contributed by atoms with E-state index in [4.69, 9.17) is 5.11 Å². The largest absolute Gasteiger partial charge is 0.480 e. The van der Waals surface area contributed by atoms with Gasteiger partial charge in [0.25, 0.3) is 0 Å². The van der Waals surface area contributed by atoms with Crippen LogP contribution in [0.1, 0.15) is 25.3 Å². The Labute approximate surface area is 160 Å². The molecule has 3 rings (SSSR count). The van der Waals surface area contributed by atoms with Crippen LogP contribution in [0.5, 0.6) is 0 Å². The van der Waals surface area contributed by atoms with Crippen LogP contribution in [0.25, 0.3) is 0 Å². The SMILES string of the molecule is CCN(CC(=O)O)C1CC(NC(=O)N2CCN(c3cnccc3C)CC2)C1. The number of rotatable bonds is 6. The number of piperazine rings is 1. The summed E-state index contributed by atoms with van der Waals surface area (Å²) < 4.78 is 0. The van der Waals surface area contributed by atoms with E-state index in [9.17, 15) is 9.59 Å². The molecular weight excluding hydrogens is 346 g/mol. The summed E-state index contributed by atoms with van der Waals surface area (Å²) in [5.74, 6) is -0.800. The molecule has 1 saturated carbocycles. The summed E-state index contributed by atoms with van der Waals surface area (Å²) in [5.41, 5.74) is 2.34. The average molecular weight is 375 g/mol. The smallest absolute Gasteiger partial charge is 0.317 e. The van der Waals surface area contributed by atoms with Crippen molar-refractivity contribution in [2.45, 2.75) is 38.8 Å². The van der Waals surface area contributed by atoms with E-state index in [0.717, 1.165) is 31.6 Å². The molecule has 1 saturated heterocycles. The van der Waals surface area contributed by atoms with E-state index in [0.29, 0.717) is 19.6 Å². The highest BCUT2D eigenvalue weighted by molar-refractivity contribution is 5.75. The second kappa shape index (κ2) is 8.56. The number of nitrogens with zero attached hydrogens (tertiary/aromatic N) is 4. The fourth-order valence-electron chi connectivity index (χ4n) is 3.88. The minimum Gasteiger partial charge on any atom is -0.480 e. The zero-order valence-electron chi connectivity index (χ0n) is 16.1. The lowest BCUT2D eigenvalue weighted by Crippen LogP contribution is -2.59. The lowest BCUT2D eigenvalue weighted by atomic mass is 9.85. The van der Waals surface area contributed by atoms with Crippen molar-refractivity contribution in [3.05, 3.63) is 24.0 Å². The molecule has 0 bridgehead atoms. The highest BCUT2D eigenvalue weighted by Gasteiger charge is 2.35. The van der Waals surface area contributed by atoms with E-state index in [2.05, 4.69) is 22.1 Å². The number of anilines is 1. The first-order chi connectivity index (χ1) is 13.0. The summed E-state index contributed by atoms with van der Waals surface area (Å²) in [5, 5.41) is 12.1. The third kappa shape index (κ3) is 4.68. The Balaban J connectivity index is 1.42. The van der Waals surface area contributed by atoms with E-state index >= 15 is 0 Å². The molecular formula is C19H29N5O3. The predicted octanol–water partition coefficient (Wildman–Crippen LogP) is 1.16. The standard InChI is InChI=1S/C19H29N5O3/c1-3-22(13-18(25)26)16-10-15(11-16)21-19(27)24-8-6-23(7-9-24)17-12-20-5-4-14(17)2/h4-5,12,15-16H,3,6-11,13H2,1-2H3,(H,21,27)(H,25,26). The fourth-order valence-corrected chi connectivity index (χ4v) is 3.88. The van der Waals surface area contributed by atoms with Gasteiger partial charge in [-0.15, -0.1) is 0 Å². The second-order valence-corrected chi connectivity index (χ2v) is 7.36. The molecule has 8 nitrogen and oxygen atoms in total. The zero-order valence-corrected chi connectivity index (χ0v) is 16.1. The number of carbonyl (C=O) groups is 2. The number of carboxylic acid groups (broad SMARTS) is 1. The van der Waals surface area contributed by atoms with Gasteiger partial charge in [-0.05, 0) is 37.9 Å². The molecule has 1 aliphatic heterocycles. The van der Waals surface area contributed by atoms with Crippen molar-refractivity contribution < 1.29 is 14.7 Å². The van der Waals surface area contributed by atoms with Gasteiger partial charge in [0.15, 0.2) is 0 Å². The van der Waals surface area contributed by atoms with E-state index in [1.165, 1.54) is 5.56 Å². The normalized spacial score (nSPS) is 22.5. The molecule has 0 aromatic carbocycles. The van der Waals surface area contributed by atoms with Gasteiger partial charge in [-0.1, -0.05) is 6.92 Å². The number of carboxylic acids is 1. The highest BCUT2D eigenvalue weighted by Crippen LogP contribution is 2.26. The lowest BCUT2D eigenvalue weighted by molar-refractivity contribution is -0.139. The van der Waals surface area contributed by atoms with Gasteiger partial charge >= 0.3 is 12.0 Å². The van der Waals surface area contributed by atoms with E-state index in [1.807, 2.05) is 29.0 Å². The first kappa shape index (κ1) is 19.4. The Bertz CT molecular complexity index is 669. The third-order valence-electron chi connectivity index (χ3n) is 5.62. The summed E-state index contributed by atoms with van der Waals surface area (Å²) in [6, 6.07) is 2.39. The summed E-state index contributed by atoms with van der Waals surface area (Å²) >= 11 is 0. The van der Waals surface area contributed by atoms with Crippen LogP contribution in [0, 0.1) is 6.92 Å². The molecule has 1 aromatic rings. The average Bonchev–Trinajstić information content (AvgIpc) is 2.63. The van der Waals surface area contributed by atoms with Gasteiger partial charge in [-0.2, -0.15) is 0 Å². The Morgan fingerprint density at radius 3 is 2.59 bits per heavy atom. The molecule has 0 unspecified atom stereocenters. The van der Waals surface area contributed by atoms with Crippen molar-refractivity contribution >= 4 is 17.7 Å². The van der Waals surface area contributed by atoms with Gasteiger partial charge in [0, 0.05) is 44.5 Å². The van der Waals surface area contributed by atoms with Crippen molar-refractivity contribution in [3.63, 3.8) is 0 Å². The first-order valence-electron chi connectivity index (χ1n) is 9.64. The van der Waals surface area contributed by atoms with Crippen LogP contribution in [-0.4, -0.2) is 83.2 Å². The van der Waals surface area contributed by atoms with Gasteiger partial charge < -0.3 is 20.2 Å². The maximum Gasteiger partial charge on any atom is 0.317 e. The number of carbonyl (C=O) groups excluding carboxylic acids is 1. The van der Waals surface area contributed by atoms with Gasteiger partial charge in [0.05, 0.1) is 18.4 Å². The quantitative estimate of drug-likeness (QED) is 0.776. The van der Waals surface area contributed by atoms with Crippen molar-refractivity contribution in [1.29, 1.82) is 0 Å². The van der Waals surface area contributed by atoms with E-state index < -0.39 is 5.97 Å². The van der Waals surface area contributed by atoms with Crippen LogP contribution < -0.4 is 10.2 Å². The number of hydrogen-bond donors (Lipinski definition) is 2. The van der Waals surface area contributed by atoms with Gasteiger partial charge in [-0.3, -0.25) is 14.7 Å². The predicted molar refractivity (Wildman–Crippen MR) is 103 cm³/mol. The molecule has 2 N–H and O–H groups in total. The molecule has 148 valence electrons. The summed E-state index contributed by atoms with van der Waals surface area (Å²) in [7, 11) is 0. The van der Waals surface area contributed by atoms with Crippen LogP contribution in [-0.2, 0) is 4.79 Å². The number of pyridine rings is 1. The van der Waals surface area contributed by atoms with Crippen LogP contribution >= 0.6 is 0 Å². The van der Waals surface area contributed by atoms with Crippen LogP contribution in [0.4, 0.5) is 10.5 Å². The topological polar surface area (TPSA) is 89.0 Å². The molecule has 2 aliphatic rings. The number of amides is 2. The number of aromatic nitrogens is 1. The van der Waals surface area contributed by atoms with Crippen molar-refractivity contribution in [2.75, 3.05) is 44.2 Å².